The van der Waals surface area contributed by atoms with E-state index in [2.05, 4.69) is 15.4 Å². The highest BCUT2D eigenvalue weighted by atomic mass is 35.5. The van der Waals surface area contributed by atoms with E-state index in [1.165, 1.54) is 16.1 Å². The van der Waals surface area contributed by atoms with Crippen molar-refractivity contribution in [2.75, 3.05) is 0 Å². The van der Waals surface area contributed by atoms with Gasteiger partial charge in [0.05, 0.1) is 16.3 Å². The second-order valence-corrected chi connectivity index (χ2v) is 3.92. The van der Waals surface area contributed by atoms with Crippen molar-refractivity contribution in [2.24, 2.45) is 7.05 Å². The lowest BCUT2D eigenvalue weighted by Crippen LogP contribution is -1.91. The van der Waals surface area contributed by atoms with Crippen LogP contribution in [0.5, 0.6) is 0 Å². The zero-order chi connectivity index (χ0) is 10.6. The maximum atomic E-state index is 5.75. The fraction of sp³-hybridized carbons (Fsp3) is 0.375. The molecule has 0 saturated heterocycles. The monoisotopic (exact) mass is 230 g/mol. The number of hydrogen-bond donors (Lipinski definition) is 0. The Bertz CT molecular complexity index is 357. The van der Waals surface area contributed by atoms with Gasteiger partial charge in [-0.3, -0.25) is 0 Å². The van der Waals surface area contributed by atoms with Crippen molar-refractivity contribution in [1.29, 1.82) is 0 Å². The van der Waals surface area contributed by atoms with Crippen LogP contribution in [0.1, 0.15) is 13.8 Å². The first-order valence-electron chi connectivity index (χ1n) is 4.25. The lowest BCUT2D eigenvalue weighted by molar-refractivity contribution is 0.630. The zero-order valence-corrected chi connectivity index (χ0v) is 9.80. The van der Waals surface area contributed by atoms with Crippen molar-refractivity contribution >= 4 is 22.9 Å². The van der Waals surface area contributed by atoms with E-state index >= 15 is 0 Å². The van der Waals surface area contributed by atoms with Gasteiger partial charge in [0.15, 0.2) is 0 Å². The normalized spacial score (nSPS) is 9.43. The summed E-state index contributed by atoms with van der Waals surface area (Å²) in [6, 6.07) is 3.70. The fourth-order valence-corrected chi connectivity index (χ4v) is 1.78. The summed E-state index contributed by atoms with van der Waals surface area (Å²) < 4.78 is 0.734. The maximum Gasteiger partial charge on any atom is 0.214 e. The second kappa shape index (κ2) is 5.07. The highest BCUT2D eigenvalue weighted by Gasteiger charge is 2.06. The topological polar surface area (TPSA) is 43.6 Å². The van der Waals surface area contributed by atoms with Crippen molar-refractivity contribution in [3.05, 3.63) is 16.5 Å². The standard InChI is InChI=1S/C6H5ClN4S.C2H6/c1-11-9-6(8-10-11)4-2-3-5(7)12-4;1-2/h2-3H,1H3;1-2H3. The van der Waals surface area contributed by atoms with Crippen LogP contribution in [0.25, 0.3) is 10.7 Å². The summed E-state index contributed by atoms with van der Waals surface area (Å²) in [5.41, 5.74) is 0. The molecule has 0 aliphatic rings. The van der Waals surface area contributed by atoms with Gasteiger partial charge in [0.25, 0.3) is 0 Å². The number of hydrogen-bond acceptors (Lipinski definition) is 4. The molecule has 0 N–H and O–H groups in total. The first-order valence-corrected chi connectivity index (χ1v) is 5.45. The third-order valence-electron chi connectivity index (χ3n) is 1.30. The summed E-state index contributed by atoms with van der Waals surface area (Å²) in [5.74, 6) is 0.620. The van der Waals surface area contributed by atoms with Crippen LogP contribution in [0.2, 0.25) is 4.34 Å². The minimum atomic E-state index is 0.620. The van der Waals surface area contributed by atoms with E-state index in [1.807, 2.05) is 26.0 Å². The average molecular weight is 231 g/mol. The molecular weight excluding hydrogens is 220 g/mol. The minimum absolute atomic E-state index is 0.620. The molecule has 0 aliphatic carbocycles. The van der Waals surface area contributed by atoms with Gasteiger partial charge in [0, 0.05) is 0 Å². The van der Waals surface area contributed by atoms with Crippen LogP contribution in [0.3, 0.4) is 0 Å². The van der Waals surface area contributed by atoms with Crippen molar-refractivity contribution < 1.29 is 0 Å². The molecule has 0 fully saturated rings. The molecule has 0 unspecified atom stereocenters. The molecular formula is C8H11ClN4S. The van der Waals surface area contributed by atoms with Gasteiger partial charge in [-0.25, -0.2) is 0 Å². The summed E-state index contributed by atoms with van der Waals surface area (Å²) in [6.07, 6.45) is 0. The molecule has 2 heterocycles. The Kier molecular flexibility index (Phi) is 4.03. The van der Waals surface area contributed by atoms with Gasteiger partial charge in [-0.05, 0) is 17.3 Å². The quantitative estimate of drug-likeness (QED) is 0.757. The number of rotatable bonds is 1. The Morgan fingerprint density at radius 3 is 2.50 bits per heavy atom. The Morgan fingerprint density at radius 1 is 1.36 bits per heavy atom. The van der Waals surface area contributed by atoms with Crippen LogP contribution in [-0.2, 0) is 7.05 Å². The summed E-state index contributed by atoms with van der Waals surface area (Å²) in [4.78, 5) is 2.36. The van der Waals surface area contributed by atoms with E-state index < -0.39 is 0 Å². The fourth-order valence-electron chi connectivity index (χ4n) is 0.817. The maximum absolute atomic E-state index is 5.75. The Balaban J connectivity index is 0.000000461. The van der Waals surface area contributed by atoms with E-state index in [9.17, 15) is 0 Å². The molecule has 0 bridgehead atoms. The van der Waals surface area contributed by atoms with Gasteiger partial charge >= 0.3 is 0 Å². The van der Waals surface area contributed by atoms with Crippen LogP contribution >= 0.6 is 22.9 Å². The van der Waals surface area contributed by atoms with E-state index in [-0.39, 0.29) is 0 Å². The Labute approximate surface area is 91.5 Å². The van der Waals surface area contributed by atoms with Gasteiger partial charge in [0.2, 0.25) is 5.82 Å². The molecule has 0 aliphatic heterocycles. The third-order valence-corrected chi connectivity index (χ3v) is 2.53. The number of halogens is 1. The number of tetrazole rings is 1. The predicted octanol–water partition coefficient (Wildman–Crippen LogP) is 2.62. The first kappa shape index (κ1) is 11.1. The second-order valence-electron chi connectivity index (χ2n) is 2.21. The van der Waals surface area contributed by atoms with E-state index in [0.29, 0.717) is 5.82 Å². The molecule has 6 heteroatoms. The highest BCUT2D eigenvalue weighted by Crippen LogP contribution is 2.27. The number of aryl methyl sites for hydroxylation is 1. The minimum Gasteiger partial charge on any atom is -0.167 e. The highest BCUT2D eigenvalue weighted by molar-refractivity contribution is 7.19. The van der Waals surface area contributed by atoms with E-state index in [0.717, 1.165) is 9.21 Å². The summed E-state index contributed by atoms with van der Waals surface area (Å²) in [7, 11) is 1.73. The lowest BCUT2D eigenvalue weighted by Gasteiger charge is -1.82. The molecule has 0 spiro atoms. The molecule has 0 aromatic carbocycles. The van der Waals surface area contributed by atoms with Crippen molar-refractivity contribution in [2.45, 2.75) is 13.8 Å². The van der Waals surface area contributed by atoms with Crippen LogP contribution < -0.4 is 0 Å². The molecule has 0 radical (unpaired) electrons. The van der Waals surface area contributed by atoms with Gasteiger partial charge in [-0.2, -0.15) is 4.80 Å². The van der Waals surface area contributed by atoms with Gasteiger partial charge < -0.3 is 0 Å². The molecule has 0 atom stereocenters. The largest absolute Gasteiger partial charge is 0.214 e. The predicted molar refractivity (Wildman–Crippen MR) is 58.5 cm³/mol. The van der Waals surface area contributed by atoms with Gasteiger partial charge in [-0.1, -0.05) is 25.4 Å². The third kappa shape index (κ3) is 2.52. The molecule has 0 saturated carbocycles. The smallest absolute Gasteiger partial charge is 0.167 e. The number of aromatic nitrogens is 4. The molecule has 76 valence electrons. The van der Waals surface area contributed by atoms with Gasteiger partial charge in [-0.15, -0.1) is 21.5 Å². The molecule has 2 rings (SSSR count). The molecule has 14 heavy (non-hydrogen) atoms. The van der Waals surface area contributed by atoms with Gasteiger partial charge in [0.1, 0.15) is 0 Å². The van der Waals surface area contributed by atoms with Crippen LogP contribution in [-0.4, -0.2) is 20.2 Å². The molecule has 4 nitrogen and oxygen atoms in total. The number of thiophene rings is 1. The van der Waals surface area contributed by atoms with Crippen molar-refractivity contribution in [3.8, 4) is 10.7 Å². The zero-order valence-electron chi connectivity index (χ0n) is 8.23. The Hall–Kier alpha value is -0.940. The van der Waals surface area contributed by atoms with E-state index in [1.54, 1.807) is 7.05 Å². The number of nitrogens with zero attached hydrogens (tertiary/aromatic N) is 4. The Morgan fingerprint density at radius 2 is 2.07 bits per heavy atom. The summed E-state index contributed by atoms with van der Waals surface area (Å²) in [6.45, 7) is 4.00. The van der Waals surface area contributed by atoms with Crippen LogP contribution in [0.15, 0.2) is 12.1 Å². The van der Waals surface area contributed by atoms with Crippen LogP contribution in [0, 0.1) is 0 Å². The first-order chi connectivity index (χ1) is 6.75. The lowest BCUT2D eigenvalue weighted by atomic mass is 10.5. The SMILES string of the molecule is CC.Cn1nnc(-c2ccc(Cl)s2)n1. The molecule has 2 aromatic heterocycles. The molecule has 2 aromatic rings. The van der Waals surface area contributed by atoms with Crippen molar-refractivity contribution in [1.82, 2.24) is 20.2 Å². The average Bonchev–Trinajstić information content (AvgIpc) is 2.78. The summed E-state index contributed by atoms with van der Waals surface area (Å²) >= 11 is 7.19. The summed E-state index contributed by atoms with van der Waals surface area (Å²) in [5, 5.41) is 11.6. The van der Waals surface area contributed by atoms with E-state index in [4.69, 9.17) is 11.6 Å². The molecule has 0 amide bonds. The van der Waals surface area contributed by atoms with Crippen molar-refractivity contribution in [3.63, 3.8) is 0 Å². The van der Waals surface area contributed by atoms with Crippen LogP contribution in [0.4, 0.5) is 0 Å².